The highest BCUT2D eigenvalue weighted by Gasteiger charge is 2.15. The zero-order chi connectivity index (χ0) is 23.2. The molecule has 176 valence electrons. The number of rotatable bonds is 8. The van der Waals surface area contributed by atoms with Crippen molar-refractivity contribution in [1.82, 2.24) is 25.1 Å². The summed E-state index contributed by atoms with van der Waals surface area (Å²) < 4.78 is 13.2. The van der Waals surface area contributed by atoms with Crippen molar-refractivity contribution in [2.24, 2.45) is 0 Å². The van der Waals surface area contributed by atoms with Crippen LogP contribution in [0.5, 0.6) is 0 Å². The summed E-state index contributed by atoms with van der Waals surface area (Å²) in [5.41, 5.74) is 1.55. The minimum absolute atomic E-state index is 0.256. The molecule has 0 atom stereocenters. The molecule has 3 aromatic rings. The molecule has 0 spiro atoms. The van der Waals surface area contributed by atoms with Gasteiger partial charge in [-0.2, -0.15) is 0 Å². The van der Waals surface area contributed by atoms with Crippen molar-refractivity contribution in [2.75, 3.05) is 63.1 Å². The highest BCUT2D eigenvalue weighted by atomic mass is 32.1. The lowest BCUT2D eigenvalue weighted by Gasteiger charge is -2.33. The summed E-state index contributed by atoms with van der Waals surface area (Å²) in [6.45, 7) is 9.36. The van der Waals surface area contributed by atoms with Gasteiger partial charge in [-0.3, -0.25) is 5.32 Å². The molecular formula is C23H30FN7OS. The number of amides is 2. The van der Waals surface area contributed by atoms with Gasteiger partial charge in [-0.25, -0.2) is 19.2 Å². The molecule has 0 unspecified atom stereocenters. The topological polar surface area (TPSA) is 76.6 Å². The van der Waals surface area contributed by atoms with Crippen LogP contribution in [0.1, 0.15) is 13.3 Å². The van der Waals surface area contributed by atoms with Gasteiger partial charge in [0, 0.05) is 45.5 Å². The first-order chi connectivity index (χ1) is 16.0. The van der Waals surface area contributed by atoms with E-state index in [2.05, 4.69) is 37.3 Å². The Labute approximate surface area is 197 Å². The van der Waals surface area contributed by atoms with Gasteiger partial charge in [-0.1, -0.05) is 18.3 Å². The summed E-state index contributed by atoms with van der Waals surface area (Å²) in [5, 5.41) is 6.23. The largest absolute Gasteiger partial charge is 0.338 e. The summed E-state index contributed by atoms with van der Waals surface area (Å²) in [4.78, 5) is 28.9. The van der Waals surface area contributed by atoms with Gasteiger partial charge in [0.1, 0.15) is 22.0 Å². The first-order valence-electron chi connectivity index (χ1n) is 11.3. The molecule has 2 N–H and O–H groups in total. The van der Waals surface area contributed by atoms with Crippen LogP contribution in [0.15, 0.2) is 36.4 Å². The molecule has 10 heteroatoms. The van der Waals surface area contributed by atoms with Gasteiger partial charge in [0.05, 0.1) is 0 Å². The minimum Gasteiger partial charge on any atom is -0.338 e. The maximum absolute atomic E-state index is 13.2. The Hall–Kier alpha value is -2.82. The molecule has 33 heavy (non-hydrogen) atoms. The number of piperazine rings is 1. The van der Waals surface area contributed by atoms with Gasteiger partial charge in [0.2, 0.25) is 0 Å². The Balaban J connectivity index is 1.26. The van der Waals surface area contributed by atoms with Crippen molar-refractivity contribution in [3.63, 3.8) is 0 Å². The molecule has 1 saturated heterocycles. The lowest BCUT2D eigenvalue weighted by atomic mass is 10.3. The van der Waals surface area contributed by atoms with E-state index in [9.17, 15) is 9.18 Å². The minimum atomic E-state index is -0.276. The molecule has 1 fully saturated rings. The number of carbonyl (C=O) groups excluding carboxylic acids is 1. The fourth-order valence-corrected chi connectivity index (χ4v) is 4.65. The van der Waals surface area contributed by atoms with E-state index in [4.69, 9.17) is 0 Å². The van der Waals surface area contributed by atoms with Gasteiger partial charge >= 0.3 is 6.03 Å². The molecular weight excluding hydrogens is 441 g/mol. The van der Waals surface area contributed by atoms with Crippen LogP contribution >= 0.6 is 11.3 Å². The third-order valence-electron chi connectivity index (χ3n) is 5.87. The van der Waals surface area contributed by atoms with E-state index in [1.165, 1.54) is 23.5 Å². The van der Waals surface area contributed by atoms with Crippen molar-refractivity contribution in [1.29, 1.82) is 0 Å². The number of hydrogen-bond acceptors (Lipinski definition) is 7. The number of benzene rings is 1. The summed E-state index contributed by atoms with van der Waals surface area (Å²) in [5.74, 6) is 0.440. The van der Waals surface area contributed by atoms with Crippen LogP contribution in [0.3, 0.4) is 0 Å². The van der Waals surface area contributed by atoms with E-state index in [1.54, 1.807) is 12.1 Å². The predicted octanol–water partition coefficient (Wildman–Crippen LogP) is 3.75. The predicted molar refractivity (Wildman–Crippen MR) is 132 cm³/mol. The van der Waals surface area contributed by atoms with Gasteiger partial charge in [-0.05, 0) is 55.9 Å². The van der Waals surface area contributed by atoms with Crippen molar-refractivity contribution in [3.8, 4) is 0 Å². The molecule has 1 aromatic carbocycles. The van der Waals surface area contributed by atoms with Gasteiger partial charge in [0.25, 0.3) is 0 Å². The van der Waals surface area contributed by atoms with Crippen molar-refractivity contribution < 1.29 is 9.18 Å². The summed E-state index contributed by atoms with van der Waals surface area (Å²) in [7, 11) is 1.87. The number of aromatic nitrogens is 2. The molecule has 2 aromatic heterocycles. The summed E-state index contributed by atoms with van der Waals surface area (Å²) >= 11 is 1.33. The van der Waals surface area contributed by atoms with Crippen LogP contribution in [-0.2, 0) is 0 Å². The van der Waals surface area contributed by atoms with Crippen LogP contribution in [0, 0.1) is 5.82 Å². The van der Waals surface area contributed by atoms with Crippen LogP contribution in [0.2, 0.25) is 0 Å². The van der Waals surface area contributed by atoms with E-state index in [-0.39, 0.29) is 11.8 Å². The number of nitrogens with one attached hydrogen (secondary N) is 2. The highest BCUT2D eigenvalue weighted by Crippen LogP contribution is 2.29. The smallest absolute Gasteiger partial charge is 0.321 e. The third-order valence-corrected chi connectivity index (χ3v) is 6.75. The number of hydrogen-bond donors (Lipinski definition) is 2. The van der Waals surface area contributed by atoms with Crippen LogP contribution in [0.4, 0.5) is 25.8 Å². The van der Waals surface area contributed by atoms with Crippen LogP contribution < -0.4 is 15.5 Å². The van der Waals surface area contributed by atoms with Crippen molar-refractivity contribution in [2.45, 2.75) is 13.3 Å². The molecule has 1 aliphatic rings. The second-order valence-electron chi connectivity index (χ2n) is 8.06. The van der Waals surface area contributed by atoms with Crippen LogP contribution in [0.25, 0.3) is 10.3 Å². The lowest BCUT2D eigenvalue weighted by Crippen LogP contribution is -2.46. The summed E-state index contributed by atoms with van der Waals surface area (Å²) in [6, 6.07) is 9.72. The first kappa shape index (κ1) is 23.3. The zero-order valence-corrected chi connectivity index (χ0v) is 19.9. The van der Waals surface area contributed by atoms with Crippen LogP contribution in [-0.4, -0.2) is 78.7 Å². The number of anilines is 3. The molecule has 4 rings (SSSR count). The van der Waals surface area contributed by atoms with Gasteiger partial charge < -0.3 is 20.0 Å². The van der Waals surface area contributed by atoms with E-state index in [0.29, 0.717) is 17.5 Å². The van der Waals surface area contributed by atoms with E-state index in [1.807, 2.05) is 24.1 Å². The quantitative estimate of drug-likeness (QED) is 0.488. The molecule has 0 bridgehead atoms. The van der Waals surface area contributed by atoms with E-state index >= 15 is 0 Å². The Morgan fingerprint density at radius 3 is 2.55 bits per heavy atom. The molecule has 8 nitrogen and oxygen atoms in total. The second kappa shape index (κ2) is 10.9. The monoisotopic (exact) mass is 471 g/mol. The maximum Gasteiger partial charge on any atom is 0.321 e. The normalized spacial score (nSPS) is 15.0. The molecule has 0 saturated carbocycles. The fraction of sp³-hybridized carbons (Fsp3) is 0.435. The van der Waals surface area contributed by atoms with E-state index < -0.39 is 0 Å². The summed E-state index contributed by atoms with van der Waals surface area (Å²) in [6.07, 6.45) is 0.917. The molecule has 3 heterocycles. The third kappa shape index (κ3) is 6.16. The Morgan fingerprint density at radius 1 is 1.09 bits per heavy atom. The van der Waals surface area contributed by atoms with E-state index in [0.717, 1.165) is 61.7 Å². The van der Waals surface area contributed by atoms with Crippen molar-refractivity contribution in [3.05, 3.63) is 42.2 Å². The zero-order valence-electron chi connectivity index (χ0n) is 19.1. The molecule has 1 aliphatic heterocycles. The SMILES string of the molecule is CCN1CCN(CCCNC(=O)Nc2nc3ccc(N(C)c4ccc(F)cc4)nc3s2)CC1. The number of thiazole rings is 1. The standard InChI is InChI=1S/C23H30FN7OS/c1-3-30-13-15-31(16-14-30)12-4-11-25-22(32)28-23-26-19-9-10-20(27-21(19)33-23)29(2)18-7-5-17(24)6-8-18/h5-10H,3-4,11-16H2,1-2H3,(H2,25,26,28,32). The Kier molecular flexibility index (Phi) is 7.69. The average Bonchev–Trinajstić information content (AvgIpc) is 3.23. The number of halogens is 1. The number of carbonyl (C=O) groups is 1. The molecule has 2 amide bonds. The molecule has 0 aliphatic carbocycles. The number of urea groups is 1. The second-order valence-corrected chi connectivity index (χ2v) is 9.04. The number of fused-ring (bicyclic) bond motifs is 1. The number of nitrogens with zero attached hydrogens (tertiary/aromatic N) is 5. The lowest BCUT2D eigenvalue weighted by molar-refractivity contribution is 0.136. The fourth-order valence-electron chi connectivity index (χ4n) is 3.82. The Bertz CT molecular complexity index is 1070. The average molecular weight is 472 g/mol. The van der Waals surface area contributed by atoms with Gasteiger partial charge in [0.15, 0.2) is 5.13 Å². The van der Waals surface area contributed by atoms with Gasteiger partial charge in [-0.15, -0.1) is 0 Å². The Morgan fingerprint density at radius 2 is 1.82 bits per heavy atom. The highest BCUT2D eigenvalue weighted by molar-refractivity contribution is 7.22. The number of likely N-dealkylation sites (N-methyl/N-ethyl adjacent to an activating group) is 1. The number of pyridine rings is 1. The van der Waals surface area contributed by atoms with Crippen molar-refractivity contribution >= 4 is 44.4 Å². The molecule has 0 radical (unpaired) electrons. The first-order valence-corrected chi connectivity index (χ1v) is 12.1. The maximum atomic E-state index is 13.2.